The van der Waals surface area contributed by atoms with E-state index >= 15 is 0 Å². The van der Waals surface area contributed by atoms with Crippen molar-refractivity contribution >= 4 is 17.4 Å². The molecule has 0 radical (unpaired) electrons. The second kappa shape index (κ2) is 6.63. The van der Waals surface area contributed by atoms with E-state index in [0.29, 0.717) is 17.8 Å². The van der Waals surface area contributed by atoms with Crippen molar-refractivity contribution in [3.63, 3.8) is 0 Å². The SMILES string of the molecule is CC(=O)c1ccc(NC(=O)CN2CCCC(N)C2)cc1. The lowest BCUT2D eigenvalue weighted by atomic mass is 10.1. The van der Waals surface area contributed by atoms with Gasteiger partial charge >= 0.3 is 0 Å². The van der Waals surface area contributed by atoms with Gasteiger partial charge in [-0.05, 0) is 50.6 Å². The summed E-state index contributed by atoms with van der Waals surface area (Å²) in [7, 11) is 0. The number of benzene rings is 1. The fourth-order valence-corrected chi connectivity index (χ4v) is 2.43. The summed E-state index contributed by atoms with van der Waals surface area (Å²) >= 11 is 0. The molecule has 1 atom stereocenters. The van der Waals surface area contributed by atoms with Crippen molar-refractivity contribution in [1.82, 2.24) is 4.90 Å². The van der Waals surface area contributed by atoms with Gasteiger partial charge in [0, 0.05) is 23.8 Å². The normalized spacial score (nSPS) is 19.6. The van der Waals surface area contributed by atoms with Crippen molar-refractivity contribution in [1.29, 1.82) is 0 Å². The quantitative estimate of drug-likeness (QED) is 0.811. The summed E-state index contributed by atoms with van der Waals surface area (Å²) in [6.07, 6.45) is 2.08. The second-order valence-electron chi connectivity index (χ2n) is 5.32. The molecule has 108 valence electrons. The molecule has 1 aromatic rings. The number of hydrogen-bond donors (Lipinski definition) is 2. The Bertz CT molecular complexity index is 484. The summed E-state index contributed by atoms with van der Waals surface area (Å²) in [5.41, 5.74) is 7.25. The molecule has 1 unspecified atom stereocenters. The van der Waals surface area contributed by atoms with Gasteiger partial charge in [0.05, 0.1) is 6.54 Å². The van der Waals surface area contributed by atoms with Gasteiger partial charge in [0.2, 0.25) is 5.91 Å². The number of nitrogens with one attached hydrogen (secondary N) is 1. The van der Waals surface area contributed by atoms with E-state index in [1.54, 1.807) is 24.3 Å². The number of amides is 1. The van der Waals surface area contributed by atoms with Crippen LogP contribution < -0.4 is 11.1 Å². The highest BCUT2D eigenvalue weighted by atomic mass is 16.2. The summed E-state index contributed by atoms with van der Waals surface area (Å²) in [5.74, 6) is -0.0279. The molecule has 0 bridgehead atoms. The van der Waals surface area contributed by atoms with Gasteiger partial charge in [0.15, 0.2) is 5.78 Å². The third kappa shape index (κ3) is 4.15. The highest BCUT2D eigenvalue weighted by Crippen LogP contribution is 2.11. The minimum absolute atomic E-state index is 0.0187. The van der Waals surface area contributed by atoms with Gasteiger partial charge in [0.1, 0.15) is 0 Å². The van der Waals surface area contributed by atoms with Crippen molar-refractivity contribution in [2.75, 3.05) is 25.0 Å². The van der Waals surface area contributed by atoms with Crippen molar-refractivity contribution in [3.05, 3.63) is 29.8 Å². The lowest BCUT2D eigenvalue weighted by molar-refractivity contribution is -0.117. The zero-order chi connectivity index (χ0) is 14.5. The predicted octanol–water partition coefficient (Wildman–Crippen LogP) is 1.25. The average molecular weight is 275 g/mol. The molecule has 1 heterocycles. The van der Waals surface area contributed by atoms with Gasteiger partial charge in [-0.25, -0.2) is 0 Å². The number of anilines is 1. The average Bonchev–Trinajstić information content (AvgIpc) is 2.39. The molecule has 3 N–H and O–H groups in total. The van der Waals surface area contributed by atoms with Crippen LogP contribution in [0.4, 0.5) is 5.69 Å². The van der Waals surface area contributed by atoms with Gasteiger partial charge in [-0.2, -0.15) is 0 Å². The minimum atomic E-state index is -0.0466. The van der Waals surface area contributed by atoms with Crippen molar-refractivity contribution in [2.24, 2.45) is 5.73 Å². The third-order valence-electron chi connectivity index (χ3n) is 3.48. The van der Waals surface area contributed by atoms with Gasteiger partial charge in [0.25, 0.3) is 0 Å². The van der Waals surface area contributed by atoms with E-state index in [4.69, 9.17) is 5.73 Å². The molecule has 0 saturated carbocycles. The molecule has 0 aliphatic carbocycles. The molecule has 0 aromatic heterocycles. The first-order valence-electron chi connectivity index (χ1n) is 6.93. The summed E-state index contributed by atoms with van der Waals surface area (Å²) in [6.45, 7) is 3.58. The Kier molecular flexibility index (Phi) is 4.87. The van der Waals surface area contributed by atoms with E-state index in [-0.39, 0.29) is 17.7 Å². The Labute approximate surface area is 119 Å². The van der Waals surface area contributed by atoms with E-state index in [2.05, 4.69) is 10.2 Å². The summed E-state index contributed by atoms with van der Waals surface area (Å²) in [5, 5.41) is 2.84. The van der Waals surface area contributed by atoms with Gasteiger partial charge < -0.3 is 11.1 Å². The first-order chi connectivity index (χ1) is 9.54. The molecule has 1 saturated heterocycles. The maximum Gasteiger partial charge on any atom is 0.238 e. The zero-order valence-corrected chi connectivity index (χ0v) is 11.8. The lowest BCUT2D eigenvalue weighted by Gasteiger charge is -2.29. The maximum absolute atomic E-state index is 11.9. The van der Waals surface area contributed by atoms with Crippen LogP contribution in [0.25, 0.3) is 0 Å². The summed E-state index contributed by atoms with van der Waals surface area (Å²) < 4.78 is 0. The number of nitrogens with zero attached hydrogens (tertiary/aromatic N) is 1. The molecule has 1 amide bonds. The Morgan fingerprint density at radius 3 is 2.65 bits per heavy atom. The van der Waals surface area contributed by atoms with E-state index in [0.717, 1.165) is 25.9 Å². The fourth-order valence-electron chi connectivity index (χ4n) is 2.43. The van der Waals surface area contributed by atoms with Crippen LogP contribution in [-0.2, 0) is 4.79 Å². The Morgan fingerprint density at radius 2 is 2.05 bits per heavy atom. The van der Waals surface area contributed by atoms with Crippen molar-refractivity contribution < 1.29 is 9.59 Å². The highest BCUT2D eigenvalue weighted by molar-refractivity contribution is 5.96. The number of carbonyl (C=O) groups is 2. The summed E-state index contributed by atoms with van der Waals surface area (Å²) in [6, 6.07) is 7.10. The number of rotatable bonds is 4. The minimum Gasteiger partial charge on any atom is -0.327 e. The number of hydrogen-bond acceptors (Lipinski definition) is 4. The topological polar surface area (TPSA) is 75.4 Å². The molecule has 1 aliphatic heterocycles. The van der Waals surface area contributed by atoms with Crippen molar-refractivity contribution in [2.45, 2.75) is 25.8 Å². The van der Waals surface area contributed by atoms with Crippen LogP contribution in [-0.4, -0.2) is 42.3 Å². The van der Waals surface area contributed by atoms with Crippen molar-refractivity contribution in [3.8, 4) is 0 Å². The largest absolute Gasteiger partial charge is 0.327 e. The summed E-state index contributed by atoms with van der Waals surface area (Å²) in [4.78, 5) is 25.2. The standard InChI is InChI=1S/C15H21N3O2/c1-11(19)12-4-6-14(7-5-12)17-15(20)10-18-8-2-3-13(16)9-18/h4-7,13H,2-3,8-10,16H2,1H3,(H,17,20). The van der Waals surface area contributed by atoms with Crippen LogP contribution in [0.3, 0.4) is 0 Å². The van der Waals surface area contributed by atoms with Gasteiger partial charge in [-0.1, -0.05) is 0 Å². The number of piperidine rings is 1. The van der Waals surface area contributed by atoms with Gasteiger partial charge in [-0.3, -0.25) is 14.5 Å². The Balaban J connectivity index is 1.86. The van der Waals surface area contributed by atoms with Crippen LogP contribution in [0.2, 0.25) is 0 Å². The van der Waals surface area contributed by atoms with E-state index in [9.17, 15) is 9.59 Å². The van der Waals surface area contributed by atoms with Gasteiger partial charge in [-0.15, -0.1) is 0 Å². The second-order valence-corrected chi connectivity index (χ2v) is 5.32. The molecule has 1 aromatic carbocycles. The van der Waals surface area contributed by atoms with Crippen LogP contribution in [0.15, 0.2) is 24.3 Å². The molecule has 0 spiro atoms. The first-order valence-corrected chi connectivity index (χ1v) is 6.93. The van der Waals surface area contributed by atoms with Crippen LogP contribution >= 0.6 is 0 Å². The smallest absolute Gasteiger partial charge is 0.238 e. The number of nitrogens with two attached hydrogens (primary N) is 1. The molecule has 20 heavy (non-hydrogen) atoms. The molecule has 1 aliphatic rings. The number of ketones is 1. The fraction of sp³-hybridized carbons (Fsp3) is 0.467. The lowest BCUT2D eigenvalue weighted by Crippen LogP contribution is -2.45. The van der Waals surface area contributed by atoms with Crippen LogP contribution in [0, 0.1) is 0 Å². The van der Waals surface area contributed by atoms with E-state index in [1.165, 1.54) is 6.92 Å². The Morgan fingerprint density at radius 1 is 1.35 bits per heavy atom. The number of likely N-dealkylation sites (tertiary alicyclic amines) is 1. The van der Waals surface area contributed by atoms with Crippen LogP contribution in [0.1, 0.15) is 30.1 Å². The number of Topliss-reactive ketones (excluding diaryl/α,β-unsaturated/α-hetero) is 1. The molecule has 2 rings (SSSR count). The molecule has 1 fully saturated rings. The molecule has 5 nitrogen and oxygen atoms in total. The molecular weight excluding hydrogens is 254 g/mol. The Hall–Kier alpha value is -1.72. The van der Waals surface area contributed by atoms with E-state index < -0.39 is 0 Å². The first kappa shape index (κ1) is 14.7. The predicted molar refractivity (Wildman–Crippen MR) is 78.7 cm³/mol. The maximum atomic E-state index is 11.9. The monoisotopic (exact) mass is 275 g/mol. The van der Waals surface area contributed by atoms with Crippen LogP contribution in [0.5, 0.6) is 0 Å². The van der Waals surface area contributed by atoms with E-state index in [1.807, 2.05) is 0 Å². The number of carbonyl (C=O) groups excluding carboxylic acids is 2. The highest BCUT2D eigenvalue weighted by Gasteiger charge is 2.18. The molecular formula is C15H21N3O2. The molecule has 5 heteroatoms. The third-order valence-corrected chi connectivity index (χ3v) is 3.48. The zero-order valence-electron chi connectivity index (χ0n) is 11.8.